The Morgan fingerprint density at radius 1 is 1.18 bits per heavy atom. The van der Waals surface area contributed by atoms with Crippen molar-refractivity contribution in [2.45, 2.75) is 44.1 Å². The summed E-state index contributed by atoms with van der Waals surface area (Å²) in [6.45, 7) is 2.35. The van der Waals surface area contributed by atoms with E-state index in [0.717, 1.165) is 90.1 Å². The van der Waals surface area contributed by atoms with Crippen LogP contribution in [0.25, 0.3) is 11.3 Å². The van der Waals surface area contributed by atoms with Crippen LogP contribution in [-0.4, -0.2) is 50.9 Å². The van der Waals surface area contributed by atoms with Gasteiger partial charge in [0.1, 0.15) is 0 Å². The van der Waals surface area contributed by atoms with Gasteiger partial charge in [0, 0.05) is 55.0 Å². The number of H-pyrrole nitrogens is 1. The van der Waals surface area contributed by atoms with E-state index < -0.39 is 0 Å². The van der Waals surface area contributed by atoms with E-state index in [9.17, 15) is 4.79 Å². The number of fused-ring (bicyclic) bond motifs is 7. The maximum atomic E-state index is 12.8. The molecule has 1 spiro atoms. The number of likely N-dealkylation sites (N-methyl/N-ethyl adjacent to an activating group) is 1. The monoisotopic (exact) mass is 462 g/mol. The Labute approximate surface area is 195 Å². The largest absolute Gasteiger partial charge is 0.420 e. The fraction of sp³-hybridized carbons (Fsp3) is 0.417. The molecule has 1 amide bonds. The number of nitrogens with zero attached hydrogens (tertiary/aromatic N) is 4. The van der Waals surface area contributed by atoms with Crippen LogP contribution in [0.3, 0.4) is 0 Å². The van der Waals surface area contributed by atoms with Crippen molar-refractivity contribution < 1.29 is 9.53 Å². The summed E-state index contributed by atoms with van der Waals surface area (Å²) in [4.78, 5) is 31.9. The molecule has 0 radical (unpaired) electrons. The van der Waals surface area contributed by atoms with E-state index in [1.165, 1.54) is 0 Å². The summed E-state index contributed by atoms with van der Waals surface area (Å²) in [6, 6.07) is 1.96. The predicted molar refractivity (Wildman–Crippen MR) is 122 cm³/mol. The van der Waals surface area contributed by atoms with Gasteiger partial charge in [-0.25, -0.2) is 9.97 Å². The Hall–Kier alpha value is -2.97. The predicted octanol–water partition coefficient (Wildman–Crippen LogP) is 3.17. The van der Waals surface area contributed by atoms with Crippen molar-refractivity contribution in [3.8, 4) is 23.0 Å². The molecule has 0 bridgehead atoms. The summed E-state index contributed by atoms with van der Waals surface area (Å²) >= 11 is 6.19. The minimum atomic E-state index is 0.0420. The van der Waals surface area contributed by atoms with Gasteiger partial charge >= 0.3 is 0 Å². The van der Waals surface area contributed by atoms with E-state index in [-0.39, 0.29) is 16.6 Å². The van der Waals surface area contributed by atoms with E-state index >= 15 is 0 Å². The van der Waals surface area contributed by atoms with E-state index in [1.54, 1.807) is 0 Å². The third-order valence-corrected chi connectivity index (χ3v) is 7.73. The van der Waals surface area contributed by atoms with Crippen molar-refractivity contribution in [3.05, 3.63) is 51.2 Å². The third-order valence-electron chi connectivity index (χ3n) is 7.56. The maximum absolute atomic E-state index is 12.8. The van der Waals surface area contributed by atoms with Crippen LogP contribution in [0, 0.1) is 0 Å². The SMILES string of the molecule is CN1CCc2nc(Cl)nc(Oc3cc4c(cn3)CCc3c-4[nH]c4c3C(=O)NCC43CC3)c2C1. The minimum Gasteiger partial charge on any atom is -0.420 e. The van der Waals surface area contributed by atoms with Gasteiger partial charge in [-0.15, -0.1) is 0 Å². The molecule has 2 aliphatic heterocycles. The smallest absolute Gasteiger partial charge is 0.253 e. The second-order valence-corrected chi connectivity index (χ2v) is 10.0. The number of ether oxygens (including phenoxy) is 1. The topological polar surface area (TPSA) is 96.0 Å². The number of rotatable bonds is 2. The average Bonchev–Trinajstić information content (AvgIpc) is 3.46. The van der Waals surface area contributed by atoms with E-state index in [2.05, 4.69) is 37.2 Å². The number of pyridine rings is 1. The van der Waals surface area contributed by atoms with Gasteiger partial charge in [0.2, 0.25) is 17.0 Å². The van der Waals surface area contributed by atoms with Gasteiger partial charge in [0.15, 0.2) is 0 Å². The lowest BCUT2D eigenvalue weighted by Crippen LogP contribution is -2.39. The number of hydrogen-bond acceptors (Lipinski definition) is 6. The Kier molecular flexibility index (Phi) is 4.00. The molecule has 8 nitrogen and oxygen atoms in total. The Balaban J connectivity index is 1.30. The highest BCUT2D eigenvalue weighted by molar-refractivity contribution is 6.28. The van der Waals surface area contributed by atoms with Crippen molar-refractivity contribution in [1.29, 1.82) is 0 Å². The molecule has 2 aliphatic carbocycles. The fourth-order valence-corrected chi connectivity index (χ4v) is 5.74. The second kappa shape index (κ2) is 6.77. The first-order valence-electron chi connectivity index (χ1n) is 11.5. The fourth-order valence-electron chi connectivity index (χ4n) is 5.56. The van der Waals surface area contributed by atoms with Crippen molar-refractivity contribution >= 4 is 17.5 Å². The molecule has 1 saturated carbocycles. The van der Waals surface area contributed by atoms with Crippen LogP contribution in [-0.2, 0) is 31.2 Å². The van der Waals surface area contributed by atoms with E-state index in [4.69, 9.17) is 16.3 Å². The van der Waals surface area contributed by atoms with Crippen LogP contribution < -0.4 is 10.1 Å². The van der Waals surface area contributed by atoms with Crippen molar-refractivity contribution in [2.24, 2.45) is 0 Å². The van der Waals surface area contributed by atoms with Crippen molar-refractivity contribution in [3.63, 3.8) is 0 Å². The molecule has 33 heavy (non-hydrogen) atoms. The molecule has 9 heteroatoms. The summed E-state index contributed by atoms with van der Waals surface area (Å²) < 4.78 is 6.20. The number of carbonyl (C=O) groups is 1. The molecule has 1 fully saturated rings. The lowest BCUT2D eigenvalue weighted by molar-refractivity contribution is 0.0936. The molecule has 7 rings (SSSR count). The lowest BCUT2D eigenvalue weighted by Gasteiger charge is -2.25. The molecule has 0 unspecified atom stereocenters. The number of hydrogen-bond donors (Lipinski definition) is 2. The zero-order chi connectivity index (χ0) is 22.3. The van der Waals surface area contributed by atoms with Crippen molar-refractivity contribution in [2.75, 3.05) is 20.1 Å². The molecule has 4 aliphatic rings. The molecule has 3 aromatic heterocycles. The normalized spacial score (nSPS) is 19.9. The zero-order valence-corrected chi connectivity index (χ0v) is 19.1. The first-order valence-corrected chi connectivity index (χ1v) is 11.8. The highest BCUT2D eigenvalue weighted by Gasteiger charge is 2.51. The van der Waals surface area contributed by atoms with Gasteiger partial charge in [-0.2, -0.15) is 4.98 Å². The molecule has 5 heterocycles. The summed E-state index contributed by atoms with van der Waals surface area (Å²) in [7, 11) is 2.07. The zero-order valence-electron chi connectivity index (χ0n) is 18.3. The lowest BCUT2D eigenvalue weighted by atomic mass is 9.86. The van der Waals surface area contributed by atoms with Gasteiger partial charge in [-0.3, -0.25) is 4.79 Å². The molecule has 3 aromatic rings. The van der Waals surface area contributed by atoms with Crippen LogP contribution in [0.15, 0.2) is 12.3 Å². The van der Waals surface area contributed by atoms with Crippen LogP contribution in [0.2, 0.25) is 5.28 Å². The number of nitrogens with one attached hydrogen (secondary N) is 2. The highest BCUT2D eigenvalue weighted by Crippen LogP contribution is 2.52. The number of aryl methyl sites for hydroxylation is 1. The maximum Gasteiger partial charge on any atom is 0.253 e. The molecule has 168 valence electrons. The molecule has 0 atom stereocenters. The second-order valence-electron chi connectivity index (χ2n) is 9.68. The van der Waals surface area contributed by atoms with Gasteiger partial charge in [0.25, 0.3) is 5.91 Å². The van der Waals surface area contributed by atoms with Crippen LogP contribution in [0.4, 0.5) is 0 Å². The third kappa shape index (κ3) is 2.93. The molecular weight excluding hydrogens is 440 g/mol. The minimum absolute atomic E-state index is 0.0420. The Morgan fingerprint density at radius 3 is 2.91 bits per heavy atom. The van der Waals surface area contributed by atoms with Crippen LogP contribution >= 0.6 is 11.6 Å². The summed E-state index contributed by atoms with van der Waals surface area (Å²) in [5, 5.41) is 3.29. The number of carbonyl (C=O) groups excluding carboxylic acids is 1. The number of halogens is 1. The molecule has 0 saturated heterocycles. The van der Waals surface area contributed by atoms with Gasteiger partial charge in [-0.1, -0.05) is 0 Å². The van der Waals surface area contributed by atoms with Gasteiger partial charge in [-0.05, 0) is 55.5 Å². The Bertz CT molecular complexity index is 1350. The average molecular weight is 463 g/mol. The van der Waals surface area contributed by atoms with Crippen LogP contribution in [0.1, 0.15) is 51.3 Å². The quantitative estimate of drug-likeness (QED) is 0.568. The molecular formula is C24H23ClN6O2. The number of aromatic nitrogens is 4. The standard InChI is InChI=1S/C24H23ClN6O2/c1-31-7-4-16-15(10-31)22(30-23(25)28-16)33-17-8-14-12(9-26-17)2-3-13-18-20(29-19(13)14)24(5-6-24)11-27-21(18)32/h8-9,29H,2-7,10-11H2,1H3,(H,27,32). The first kappa shape index (κ1) is 19.5. The number of amides is 1. The van der Waals surface area contributed by atoms with Crippen molar-refractivity contribution in [1.82, 2.24) is 30.2 Å². The van der Waals surface area contributed by atoms with E-state index in [0.29, 0.717) is 18.3 Å². The van der Waals surface area contributed by atoms with Gasteiger partial charge < -0.3 is 19.9 Å². The summed E-state index contributed by atoms with van der Waals surface area (Å²) in [5.74, 6) is 0.965. The Morgan fingerprint density at radius 2 is 2.06 bits per heavy atom. The van der Waals surface area contributed by atoms with E-state index in [1.807, 2.05) is 12.3 Å². The highest BCUT2D eigenvalue weighted by atomic mass is 35.5. The molecule has 0 aromatic carbocycles. The number of aromatic amines is 1. The van der Waals surface area contributed by atoms with Gasteiger partial charge in [0.05, 0.1) is 22.5 Å². The molecule has 2 N–H and O–H groups in total. The van der Waals surface area contributed by atoms with Crippen LogP contribution in [0.5, 0.6) is 11.8 Å². The summed E-state index contributed by atoms with van der Waals surface area (Å²) in [6.07, 6.45) is 6.60. The first-order chi connectivity index (χ1) is 16.0. The summed E-state index contributed by atoms with van der Waals surface area (Å²) in [5.41, 5.74) is 8.29.